The largest absolute Gasteiger partial charge is 0.573 e. The fourth-order valence-corrected chi connectivity index (χ4v) is 4.19. The first-order valence-corrected chi connectivity index (χ1v) is 13.5. The van der Waals surface area contributed by atoms with Crippen molar-refractivity contribution in [3.8, 4) is 11.5 Å². The monoisotopic (exact) mass is 605 g/mol. The Morgan fingerprint density at radius 2 is 1.69 bits per heavy atom. The van der Waals surface area contributed by atoms with Gasteiger partial charge in [-0.25, -0.2) is 4.98 Å². The molecule has 4 rings (SSSR count). The molecule has 3 aromatic carbocycles. The molecule has 0 bridgehead atoms. The number of benzene rings is 3. The Hall–Kier alpha value is -3.73. The van der Waals surface area contributed by atoms with Crippen molar-refractivity contribution < 1.29 is 31.8 Å². The highest BCUT2D eigenvalue weighted by Gasteiger charge is 2.31. The highest BCUT2D eigenvalue weighted by Crippen LogP contribution is 2.24. The number of halogens is 4. The van der Waals surface area contributed by atoms with Crippen molar-refractivity contribution in [1.82, 2.24) is 10.3 Å². The van der Waals surface area contributed by atoms with Gasteiger partial charge in [0.1, 0.15) is 23.6 Å². The number of alkyl halides is 3. The summed E-state index contributed by atoms with van der Waals surface area (Å²) in [7, 11) is 0. The van der Waals surface area contributed by atoms with Gasteiger partial charge < -0.3 is 28.8 Å². The summed E-state index contributed by atoms with van der Waals surface area (Å²) in [4.78, 5) is 6.81. The number of hydrogen-bond donors (Lipinski definition) is 1. The normalized spacial score (nSPS) is 11.5. The zero-order valence-corrected chi connectivity index (χ0v) is 24.3. The number of ether oxygens (including phenoxy) is 3. The maximum atomic E-state index is 12.4. The van der Waals surface area contributed by atoms with Gasteiger partial charge in [-0.3, -0.25) is 0 Å². The lowest BCUT2D eigenvalue weighted by atomic mass is 10.2. The van der Waals surface area contributed by atoms with Gasteiger partial charge in [0.2, 0.25) is 5.89 Å². The Kier molecular flexibility index (Phi) is 12.5. The van der Waals surface area contributed by atoms with Gasteiger partial charge in [0.05, 0.1) is 13.2 Å². The molecule has 0 atom stereocenters. The number of oxazole rings is 1. The average Bonchev–Trinajstić information content (AvgIpc) is 3.36. The summed E-state index contributed by atoms with van der Waals surface area (Å²) in [5, 5.41) is 3.13. The van der Waals surface area contributed by atoms with Crippen LogP contribution in [0.15, 0.2) is 71.1 Å². The third kappa shape index (κ3) is 10.3. The number of rotatable bonds is 15. The van der Waals surface area contributed by atoms with E-state index in [0.717, 1.165) is 24.2 Å². The molecule has 0 fully saturated rings. The van der Waals surface area contributed by atoms with Crippen LogP contribution in [0.25, 0.3) is 23.3 Å². The number of nitrogens with one attached hydrogen (secondary N) is 1. The van der Waals surface area contributed by atoms with Crippen LogP contribution in [-0.4, -0.2) is 50.8 Å². The molecule has 1 heterocycles. The van der Waals surface area contributed by atoms with E-state index in [-0.39, 0.29) is 18.2 Å². The van der Waals surface area contributed by atoms with Crippen molar-refractivity contribution in [2.24, 2.45) is 0 Å². The molecular weight excluding hydrogens is 571 g/mol. The first-order valence-electron chi connectivity index (χ1n) is 13.5. The predicted molar refractivity (Wildman–Crippen MR) is 161 cm³/mol. The molecule has 1 aromatic heterocycles. The summed E-state index contributed by atoms with van der Waals surface area (Å²) >= 11 is 0. The summed E-state index contributed by atoms with van der Waals surface area (Å²) in [6.07, 6.45) is -0.885. The van der Waals surface area contributed by atoms with Crippen molar-refractivity contribution in [3.05, 3.63) is 83.7 Å². The maximum Gasteiger partial charge on any atom is 0.573 e. The lowest BCUT2D eigenvalue weighted by molar-refractivity contribution is -0.274. The van der Waals surface area contributed by atoms with Crippen molar-refractivity contribution in [2.75, 3.05) is 44.4 Å². The van der Waals surface area contributed by atoms with Gasteiger partial charge in [-0.2, -0.15) is 0 Å². The first-order chi connectivity index (χ1) is 19.8. The molecule has 0 radical (unpaired) electrons. The second-order valence-electron chi connectivity index (χ2n) is 9.11. The van der Waals surface area contributed by atoms with Gasteiger partial charge in [0.25, 0.3) is 0 Å². The maximum absolute atomic E-state index is 12.4. The highest BCUT2D eigenvalue weighted by atomic mass is 35.5. The highest BCUT2D eigenvalue weighted by molar-refractivity contribution is 5.85. The fraction of sp³-hybridized carbons (Fsp3) is 0.323. The quantitative estimate of drug-likeness (QED) is 0.142. The van der Waals surface area contributed by atoms with Crippen LogP contribution in [0.3, 0.4) is 0 Å². The van der Waals surface area contributed by atoms with E-state index in [1.807, 2.05) is 24.3 Å². The Bertz CT molecular complexity index is 1410. The minimum atomic E-state index is -4.71. The molecule has 0 aliphatic carbocycles. The lowest BCUT2D eigenvalue weighted by Gasteiger charge is -2.20. The predicted octanol–water partition coefficient (Wildman–Crippen LogP) is 7.35. The molecule has 0 aliphatic rings. The molecule has 0 saturated heterocycles. The second-order valence-corrected chi connectivity index (χ2v) is 9.11. The minimum Gasteiger partial charge on any atom is -0.491 e. The molecule has 11 heteroatoms. The smallest absolute Gasteiger partial charge is 0.491 e. The van der Waals surface area contributed by atoms with Gasteiger partial charge in [-0.1, -0.05) is 24.3 Å². The molecule has 1 N–H and O–H groups in total. The number of anilines is 1. The van der Waals surface area contributed by atoms with E-state index < -0.39 is 6.36 Å². The van der Waals surface area contributed by atoms with E-state index in [9.17, 15) is 13.2 Å². The number of aromatic nitrogens is 1. The first kappa shape index (κ1) is 32.8. The Morgan fingerprint density at radius 3 is 2.43 bits per heavy atom. The fourth-order valence-electron chi connectivity index (χ4n) is 4.19. The van der Waals surface area contributed by atoms with E-state index in [4.69, 9.17) is 13.9 Å². The number of fused-ring (bicyclic) bond motifs is 1. The molecule has 0 unspecified atom stereocenters. The van der Waals surface area contributed by atoms with E-state index >= 15 is 0 Å². The van der Waals surface area contributed by atoms with Crippen molar-refractivity contribution in [1.29, 1.82) is 0 Å². The Balaban J connectivity index is 0.00000484. The summed E-state index contributed by atoms with van der Waals surface area (Å²) in [5.41, 5.74) is 4.32. The van der Waals surface area contributed by atoms with Crippen molar-refractivity contribution in [3.63, 3.8) is 0 Å². The minimum absolute atomic E-state index is 0. The van der Waals surface area contributed by atoms with Crippen LogP contribution in [0.2, 0.25) is 0 Å². The van der Waals surface area contributed by atoms with Crippen LogP contribution in [0.4, 0.5) is 18.9 Å². The third-order valence-electron chi connectivity index (χ3n) is 6.20. The van der Waals surface area contributed by atoms with Crippen molar-refractivity contribution in [2.45, 2.75) is 26.8 Å². The third-order valence-corrected chi connectivity index (χ3v) is 6.20. The summed E-state index contributed by atoms with van der Waals surface area (Å²) in [6, 6.07) is 19.7. The zero-order chi connectivity index (χ0) is 29.1. The summed E-state index contributed by atoms with van der Waals surface area (Å²) in [6.45, 7) is 8.32. The standard InChI is InChI=1S/C31H34F3N3O4.ClH/c1-3-37(4-2)25-11-8-23(9-12-25)10-15-30-36-28-14-13-26(21-29(28)40-30)39-19-18-38-17-16-35-22-24-6-5-7-27(20-24)41-31(32,33)34;/h5-15,20-21,35H,3-4,16-19,22H2,1-2H3;1H/b15-10+;. The zero-order valence-electron chi connectivity index (χ0n) is 23.5. The van der Waals surface area contributed by atoms with E-state index in [0.29, 0.717) is 55.7 Å². The molecule has 42 heavy (non-hydrogen) atoms. The van der Waals surface area contributed by atoms with Crippen LogP contribution in [0.1, 0.15) is 30.9 Å². The Morgan fingerprint density at radius 1 is 0.905 bits per heavy atom. The summed E-state index contributed by atoms with van der Waals surface area (Å²) in [5.74, 6) is 0.928. The SMILES string of the molecule is CCN(CC)c1ccc(/C=C/c2nc3ccc(OCCOCCNCc4cccc(OC(F)(F)F)c4)cc3o2)cc1.Cl. The lowest BCUT2D eigenvalue weighted by Crippen LogP contribution is -2.21. The van der Waals surface area contributed by atoms with Crippen LogP contribution < -0.4 is 19.7 Å². The van der Waals surface area contributed by atoms with Crippen LogP contribution in [-0.2, 0) is 11.3 Å². The molecule has 0 spiro atoms. The molecule has 0 aliphatic heterocycles. The van der Waals surface area contributed by atoms with Gasteiger partial charge >= 0.3 is 6.36 Å². The van der Waals surface area contributed by atoms with E-state index in [1.54, 1.807) is 12.1 Å². The van der Waals surface area contributed by atoms with Crippen LogP contribution in [0, 0.1) is 0 Å². The van der Waals surface area contributed by atoms with E-state index in [2.05, 4.69) is 58.1 Å². The molecular formula is C31H35ClF3N3O4. The molecule has 4 aromatic rings. The van der Waals surface area contributed by atoms with Gasteiger partial charge in [0.15, 0.2) is 5.58 Å². The number of hydrogen-bond acceptors (Lipinski definition) is 7. The van der Waals surface area contributed by atoms with Gasteiger partial charge in [0, 0.05) is 44.0 Å². The van der Waals surface area contributed by atoms with Crippen LogP contribution in [0.5, 0.6) is 11.5 Å². The molecule has 0 amide bonds. The molecule has 226 valence electrons. The topological polar surface area (TPSA) is 69.0 Å². The molecule has 0 saturated carbocycles. The average molecular weight is 606 g/mol. The Labute approximate surface area is 249 Å². The van der Waals surface area contributed by atoms with Gasteiger partial charge in [-0.05, 0) is 67.4 Å². The van der Waals surface area contributed by atoms with Crippen molar-refractivity contribution >= 4 is 41.3 Å². The number of nitrogens with zero attached hydrogens (tertiary/aromatic N) is 2. The van der Waals surface area contributed by atoms with Gasteiger partial charge in [-0.15, -0.1) is 25.6 Å². The summed E-state index contributed by atoms with van der Waals surface area (Å²) < 4.78 is 58.2. The van der Waals surface area contributed by atoms with E-state index in [1.165, 1.54) is 23.9 Å². The molecule has 7 nitrogen and oxygen atoms in total. The van der Waals surface area contributed by atoms with Crippen LogP contribution >= 0.6 is 12.4 Å². The second kappa shape index (κ2) is 16.1.